The Labute approximate surface area is 195 Å². The van der Waals surface area contributed by atoms with E-state index in [-0.39, 0.29) is 17.8 Å². The third-order valence-electron chi connectivity index (χ3n) is 7.58. The summed E-state index contributed by atoms with van der Waals surface area (Å²) < 4.78 is 19.9. The molecule has 176 valence electrons. The average Bonchev–Trinajstić information content (AvgIpc) is 3.35. The molecule has 0 amide bonds. The molecule has 1 aliphatic heterocycles. The van der Waals surface area contributed by atoms with Gasteiger partial charge in [0, 0.05) is 29.5 Å². The molecule has 0 spiro atoms. The molecule has 1 N–H and O–H groups in total. The maximum Gasteiger partial charge on any atom is 0.145 e. The Morgan fingerprint density at radius 2 is 2.03 bits per heavy atom. The molecule has 2 aliphatic rings. The first-order chi connectivity index (χ1) is 15.6. The molecule has 2 heterocycles. The minimum atomic E-state index is -0.251. The Bertz CT molecular complexity index is 880. The number of hydrogen-bond acceptors (Lipinski definition) is 5. The highest BCUT2D eigenvalue weighted by atomic mass is 32.2. The third kappa shape index (κ3) is 5.75. The largest absolute Gasteiger partial charge is 0.497 e. The van der Waals surface area contributed by atoms with Crippen molar-refractivity contribution in [3.63, 3.8) is 0 Å². The van der Waals surface area contributed by atoms with Gasteiger partial charge in [0.15, 0.2) is 0 Å². The Balaban J connectivity index is 1.29. The van der Waals surface area contributed by atoms with Gasteiger partial charge in [0.1, 0.15) is 11.6 Å². The highest BCUT2D eigenvalue weighted by molar-refractivity contribution is 7.99. The van der Waals surface area contributed by atoms with Crippen LogP contribution in [0, 0.1) is 11.2 Å². The fraction of sp³-hybridized carbons (Fsp3) is 0.654. The molecule has 0 bridgehead atoms. The number of nitrogens with zero attached hydrogens (tertiary/aromatic N) is 2. The minimum Gasteiger partial charge on any atom is -0.497 e. The molecule has 32 heavy (non-hydrogen) atoms. The van der Waals surface area contributed by atoms with Crippen molar-refractivity contribution in [1.82, 2.24) is 9.88 Å². The molecule has 4 rings (SSSR count). The number of piperidine rings is 1. The van der Waals surface area contributed by atoms with Crippen molar-refractivity contribution in [3.8, 4) is 5.75 Å². The van der Waals surface area contributed by atoms with E-state index in [0.29, 0.717) is 12.0 Å². The highest BCUT2D eigenvalue weighted by Gasteiger charge is 2.33. The third-order valence-corrected chi connectivity index (χ3v) is 8.94. The highest BCUT2D eigenvalue weighted by Crippen LogP contribution is 2.37. The van der Waals surface area contributed by atoms with Gasteiger partial charge < -0.3 is 14.7 Å². The maximum atomic E-state index is 14.6. The fourth-order valence-electron chi connectivity index (χ4n) is 5.37. The summed E-state index contributed by atoms with van der Waals surface area (Å²) in [5.74, 6) is 1.70. The number of methoxy groups -OCH3 is 1. The standard InChI is InChI=1S/C26H37FN2O2S/c1-31-20-8-9-25-23(17-20)22(24(27)18-28-25)7-4-10-26(19-30)11-13-29(14-12-26)15-16-32-21-5-2-3-6-21/h8-9,17-18,21,30H,2-7,10-16,19H2,1H3. The first-order valence-corrected chi connectivity index (χ1v) is 13.2. The van der Waals surface area contributed by atoms with Gasteiger partial charge in [0.25, 0.3) is 0 Å². The SMILES string of the molecule is COc1ccc2ncc(F)c(CCCC3(CO)CCN(CCSC4CCCC4)CC3)c2c1. The molecule has 1 aliphatic carbocycles. The van der Waals surface area contributed by atoms with E-state index in [2.05, 4.69) is 21.6 Å². The number of likely N-dealkylation sites (tertiary alicyclic amines) is 1. The van der Waals surface area contributed by atoms with Crippen LogP contribution in [0.3, 0.4) is 0 Å². The Morgan fingerprint density at radius 3 is 2.75 bits per heavy atom. The quantitative estimate of drug-likeness (QED) is 0.510. The zero-order valence-corrected chi connectivity index (χ0v) is 20.1. The number of pyridine rings is 1. The van der Waals surface area contributed by atoms with Crippen LogP contribution in [0.2, 0.25) is 0 Å². The molecule has 1 saturated carbocycles. The van der Waals surface area contributed by atoms with Crippen LogP contribution < -0.4 is 4.74 Å². The lowest BCUT2D eigenvalue weighted by molar-refractivity contribution is 0.0378. The van der Waals surface area contributed by atoms with Gasteiger partial charge in [0.05, 0.1) is 18.8 Å². The molecule has 1 aromatic carbocycles. The van der Waals surface area contributed by atoms with Crippen LogP contribution in [-0.4, -0.2) is 59.3 Å². The molecule has 1 aromatic heterocycles. The predicted molar refractivity (Wildman–Crippen MR) is 131 cm³/mol. The van der Waals surface area contributed by atoms with Gasteiger partial charge in [0.2, 0.25) is 0 Å². The molecular formula is C26H37FN2O2S. The van der Waals surface area contributed by atoms with E-state index in [1.54, 1.807) is 7.11 Å². The summed E-state index contributed by atoms with van der Waals surface area (Å²) in [5, 5.41) is 11.9. The zero-order chi connectivity index (χ0) is 22.4. The van der Waals surface area contributed by atoms with E-state index in [0.717, 1.165) is 60.7 Å². The summed E-state index contributed by atoms with van der Waals surface area (Å²) >= 11 is 2.16. The van der Waals surface area contributed by atoms with Crippen molar-refractivity contribution in [2.24, 2.45) is 5.41 Å². The Morgan fingerprint density at radius 1 is 1.25 bits per heavy atom. The van der Waals surface area contributed by atoms with E-state index in [1.165, 1.54) is 44.2 Å². The zero-order valence-electron chi connectivity index (χ0n) is 19.3. The van der Waals surface area contributed by atoms with Crippen LogP contribution in [-0.2, 0) is 6.42 Å². The molecule has 0 unspecified atom stereocenters. The Hall–Kier alpha value is -1.37. The van der Waals surface area contributed by atoms with Crippen LogP contribution in [0.15, 0.2) is 24.4 Å². The van der Waals surface area contributed by atoms with Gasteiger partial charge >= 0.3 is 0 Å². The van der Waals surface area contributed by atoms with Gasteiger partial charge in [-0.05, 0) is 87.2 Å². The number of aryl methyl sites for hydroxylation is 1. The number of aromatic nitrogens is 1. The summed E-state index contributed by atoms with van der Waals surface area (Å²) in [7, 11) is 1.62. The predicted octanol–water partition coefficient (Wildman–Crippen LogP) is 5.46. The second kappa shape index (κ2) is 11.2. The number of thioether (sulfide) groups is 1. The number of aliphatic hydroxyl groups is 1. The van der Waals surface area contributed by atoms with Crippen molar-refractivity contribution >= 4 is 22.7 Å². The number of benzene rings is 1. The van der Waals surface area contributed by atoms with Gasteiger partial charge in [-0.1, -0.05) is 12.8 Å². The van der Waals surface area contributed by atoms with Gasteiger partial charge in [-0.3, -0.25) is 4.98 Å². The molecular weight excluding hydrogens is 423 g/mol. The summed E-state index contributed by atoms with van der Waals surface area (Å²) in [6.07, 6.45) is 11.5. The lowest BCUT2D eigenvalue weighted by Crippen LogP contribution is -2.43. The first kappa shape index (κ1) is 23.8. The monoisotopic (exact) mass is 460 g/mol. The second-order valence-corrected chi connectivity index (χ2v) is 11.0. The number of halogens is 1. The molecule has 2 aromatic rings. The van der Waals surface area contributed by atoms with Crippen LogP contribution in [0.1, 0.15) is 56.9 Å². The smallest absolute Gasteiger partial charge is 0.145 e. The molecule has 1 saturated heterocycles. The normalized spacial score (nSPS) is 19.6. The van der Waals surface area contributed by atoms with Crippen molar-refractivity contribution < 1.29 is 14.2 Å². The summed E-state index contributed by atoms with van der Waals surface area (Å²) in [6.45, 7) is 3.52. The van der Waals surface area contributed by atoms with Crippen molar-refractivity contribution in [1.29, 1.82) is 0 Å². The molecule has 2 fully saturated rings. The van der Waals surface area contributed by atoms with Gasteiger partial charge in [-0.15, -0.1) is 0 Å². The summed E-state index contributed by atoms with van der Waals surface area (Å²) in [5.41, 5.74) is 1.48. The van der Waals surface area contributed by atoms with Crippen molar-refractivity contribution in [2.45, 2.75) is 63.0 Å². The lowest BCUT2D eigenvalue weighted by Gasteiger charge is -2.41. The number of fused-ring (bicyclic) bond motifs is 1. The number of aliphatic hydroxyl groups excluding tert-OH is 1. The van der Waals surface area contributed by atoms with Crippen LogP contribution in [0.5, 0.6) is 5.75 Å². The molecule has 4 nitrogen and oxygen atoms in total. The van der Waals surface area contributed by atoms with E-state index in [1.807, 2.05) is 18.2 Å². The number of hydrogen-bond donors (Lipinski definition) is 1. The summed E-state index contributed by atoms with van der Waals surface area (Å²) in [4.78, 5) is 6.79. The van der Waals surface area contributed by atoms with Crippen molar-refractivity contribution in [2.75, 3.05) is 39.1 Å². The number of rotatable bonds is 10. The van der Waals surface area contributed by atoms with Crippen LogP contribution in [0.25, 0.3) is 10.9 Å². The van der Waals surface area contributed by atoms with E-state index in [4.69, 9.17) is 4.74 Å². The van der Waals surface area contributed by atoms with Crippen LogP contribution in [0.4, 0.5) is 4.39 Å². The second-order valence-electron chi connectivity index (χ2n) is 9.60. The van der Waals surface area contributed by atoms with Crippen molar-refractivity contribution in [3.05, 3.63) is 35.8 Å². The number of ether oxygens (including phenoxy) is 1. The maximum absolute atomic E-state index is 14.6. The van der Waals surface area contributed by atoms with Gasteiger partial charge in [-0.25, -0.2) is 4.39 Å². The average molecular weight is 461 g/mol. The lowest BCUT2D eigenvalue weighted by atomic mass is 9.75. The van der Waals surface area contributed by atoms with E-state index < -0.39 is 0 Å². The van der Waals surface area contributed by atoms with E-state index in [9.17, 15) is 9.50 Å². The van der Waals surface area contributed by atoms with Crippen LogP contribution >= 0.6 is 11.8 Å². The minimum absolute atomic E-state index is 0.0217. The fourth-order valence-corrected chi connectivity index (χ4v) is 6.73. The Kier molecular flexibility index (Phi) is 8.30. The molecule has 0 atom stereocenters. The molecule has 0 radical (unpaired) electrons. The van der Waals surface area contributed by atoms with E-state index >= 15 is 0 Å². The summed E-state index contributed by atoms with van der Waals surface area (Å²) in [6, 6.07) is 5.62. The first-order valence-electron chi connectivity index (χ1n) is 12.2. The molecule has 6 heteroatoms. The topological polar surface area (TPSA) is 45.6 Å². The van der Waals surface area contributed by atoms with Gasteiger partial charge in [-0.2, -0.15) is 11.8 Å².